The molecule has 0 aromatic heterocycles. The van der Waals surface area contributed by atoms with E-state index >= 15 is 0 Å². The molecule has 0 aromatic carbocycles. The first-order valence-electron chi connectivity index (χ1n) is 3.29. The van der Waals surface area contributed by atoms with Crippen LogP contribution in [0, 0.1) is 0 Å². The average molecular weight is 230 g/mol. The smallest absolute Gasteiger partial charge is 0.370 e. The van der Waals surface area contributed by atoms with E-state index in [1.54, 1.807) is 0 Å². The minimum Gasteiger partial charge on any atom is -0.428 e. The Morgan fingerprint density at radius 1 is 1.38 bits per heavy atom. The Balaban J connectivity index is 0. The van der Waals surface area contributed by atoms with Crippen molar-refractivity contribution in [2.24, 2.45) is 5.73 Å². The fraction of sp³-hybridized carbons (Fsp3) is 0.667. The number of nitrogens with two attached hydrogens (primary N) is 1. The minimum atomic E-state index is -0.485. The number of halogens is 1. The molecule has 2 N–H and O–H groups in total. The maximum Gasteiger partial charge on any atom is 0.370 e. The van der Waals surface area contributed by atoms with Gasteiger partial charge in [0.25, 0.3) is 0 Å². The molecule has 0 atom stereocenters. The van der Waals surface area contributed by atoms with Crippen LogP contribution >= 0.6 is 24.2 Å². The molecule has 0 spiro atoms. The van der Waals surface area contributed by atoms with Gasteiger partial charge in [0, 0.05) is 19.2 Å². The SMILES string of the molecule is CC(=O)OCOC(=O)SCCN.Cl. The summed E-state index contributed by atoms with van der Waals surface area (Å²) in [6, 6.07) is 0. The third-order valence-corrected chi connectivity index (χ3v) is 1.57. The van der Waals surface area contributed by atoms with Gasteiger partial charge < -0.3 is 15.2 Å². The first kappa shape index (κ1) is 15.0. The molecule has 7 heteroatoms. The summed E-state index contributed by atoms with van der Waals surface area (Å²) >= 11 is 0.951. The predicted molar refractivity (Wildman–Crippen MR) is 51.9 cm³/mol. The molecule has 0 unspecified atom stereocenters. The van der Waals surface area contributed by atoms with E-state index in [0.717, 1.165) is 11.8 Å². The number of ether oxygens (including phenoxy) is 2. The molecular weight excluding hydrogens is 218 g/mol. The van der Waals surface area contributed by atoms with E-state index in [1.807, 2.05) is 0 Å². The highest BCUT2D eigenvalue weighted by atomic mass is 35.5. The number of hydrogen-bond donors (Lipinski definition) is 1. The first-order chi connectivity index (χ1) is 5.66. The zero-order chi connectivity index (χ0) is 9.40. The summed E-state index contributed by atoms with van der Waals surface area (Å²) in [6.45, 7) is 1.32. The molecule has 0 saturated heterocycles. The molecule has 13 heavy (non-hydrogen) atoms. The summed E-state index contributed by atoms with van der Waals surface area (Å²) in [5, 5.41) is -0.485. The van der Waals surface area contributed by atoms with Gasteiger partial charge in [0.2, 0.25) is 6.79 Å². The predicted octanol–water partition coefficient (Wildman–Crippen LogP) is 0.757. The summed E-state index contributed by atoms with van der Waals surface area (Å²) in [5.41, 5.74) is 5.14. The van der Waals surface area contributed by atoms with Crippen molar-refractivity contribution in [1.82, 2.24) is 0 Å². The largest absolute Gasteiger partial charge is 0.428 e. The van der Waals surface area contributed by atoms with Crippen LogP contribution in [0.5, 0.6) is 0 Å². The summed E-state index contributed by atoms with van der Waals surface area (Å²) in [7, 11) is 0. The van der Waals surface area contributed by atoms with Crippen LogP contribution in [0.25, 0.3) is 0 Å². The Hall–Kier alpha value is -0.460. The van der Waals surface area contributed by atoms with Gasteiger partial charge in [-0.1, -0.05) is 0 Å². The standard InChI is InChI=1S/C6H11NO4S.ClH/c1-5(8)10-4-11-6(9)12-3-2-7;/h2-4,7H2,1H3;1H. The second-order valence-corrected chi connectivity index (χ2v) is 2.82. The molecule has 78 valence electrons. The van der Waals surface area contributed by atoms with Gasteiger partial charge in [-0.2, -0.15) is 0 Å². The second kappa shape index (κ2) is 9.63. The Morgan fingerprint density at radius 3 is 2.46 bits per heavy atom. The summed E-state index contributed by atoms with van der Waals surface area (Å²) in [6.07, 6.45) is 0. The van der Waals surface area contributed by atoms with Gasteiger partial charge in [0.05, 0.1) is 0 Å². The van der Waals surface area contributed by atoms with Crippen molar-refractivity contribution in [3.63, 3.8) is 0 Å². The number of carbonyl (C=O) groups is 2. The van der Waals surface area contributed by atoms with Crippen molar-refractivity contribution in [3.05, 3.63) is 0 Å². The quantitative estimate of drug-likeness (QED) is 0.566. The highest BCUT2D eigenvalue weighted by Crippen LogP contribution is 2.03. The molecule has 0 aliphatic rings. The van der Waals surface area contributed by atoms with Crippen LogP contribution in [0.2, 0.25) is 0 Å². The van der Waals surface area contributed by atoms with Crippen LogP contribution in [0.4, 0.5) is 4.79 Å². The van der Waals surface area contributed by atoms with Crippen molar-refractivity contribution in [2.45, 2.75) is 6.92 Å². The Bertz CT molecular complexity index is 167. The lowest BCUT2D eigenvalue weighted by Crippen LogP contribution is -2.09. The van der Waals surface area contributed by atoms with E-state index < -0.39 is 11.3 Å². The summed E-state index contributed by atoms with van der Waals surface area (Å²) in [5.74, 6) is 0.0189. The van der Waals surface area contributed by atoms with Crippen molar-refractivity contribution in [2.75, 3.05) is 19.1 Å². The lowest BCUT2D eigenvalue weighted by molar-refractivity contribution is -0.148. The third kappa shape index (κ3) is 11.5. The van der Waals surface area contributed by atoms with Crippen LogP contribution in [0.3, 0.4) is 0 Å². The Labute approximate surface area is 86.7 Å². The molecule has 0 heterocycles. The van der Waals surface area contributed by atoms with Gasteiger partial charge in [0.15, 0.2) is 0 Å². The molecule has 0 radical (unpaired) electrons. The molecule has 0 rings (SSSR count). The maximum absolute atomic E-state index is 10.7. The van der Waals surface area contributed by atoms with E-state index in [0.29, 0.717) is 12.3 Å². The van der Waals surface area contributed by atoms with Crippen LogP contribution in [-0.4, -0.2) is 30.4 Å². The van der Waals surface area contributed by atoms with Crippen LogP contribution in [0.1, 0.15) is 6.92 Å². The molecule has 0 fully saturated rings. The van der Waals surface area contributed by atoms with Crippen LogP contribution in [-0.2, 0) is 14.3 Å². The van der Waals surface area contributed by atoms with Crippen molar-refractivity contribution >= 4 is 35.4 Å². The van der Waals surface area contributed by atoms with Crippen molar-refractivity contribution < 1.29 is 19.1 Å². The van der Waals surface area contributed by atoms with Gasteiger partial charge >= 0.3 is 11.3 Å². The lowest BCUT2D eigenvalue weighted by atomic mass is 10.8. The summed E-state index contributed by atoms with van der Waals surface area (Å²) in [4.78, 5) is 20.9. The summed E-state index contributed by atoms with van der Waals surface area (Å²) < 4.78 is 8.85. The van der Waals surface area contributed by atoms with Crippen LogP contribution in [0.15, 0.2) is 0 Å². The normalized spacial score (nSPS) is 8.46. The van der Waals surface area contributed by atoms with E-state index in [2.05, 4.69) is 9.47 Å². The van der Waals surface area contributed by atoms with Gasteiger partial charge in [-0.3, -0.25) is 4.79 Å². The average Bonchev–Trinajstić information content (AvgIpc) is 2.00. The second-order valence-electron chi connectivity index (χ2n) is 1.79. The van der Waals surface area contributed by atoms with E-state index in [9.17, 15) is 9.59 Å². The fourth-order valence-electron chi connectivity index (χ4n) is 0.344. The third-order valence-electron chi connectivity index (χ3n) is 0.777. The molecule has 0 amide bonds. The monoisotopic (exact) mass is 229 g/mol. The zero-order valence-electron chi connectivity index (χ0n) is 7.15. The highest BCUT2D eigenvalue weighted by molar-refractivity contribution is 8.13. The van der Waals surface area contributed by atoms with Gasteiger partial charge in [-0.05, 0) is 11.8 Å². The number of carbonyl (C=O) groups excluding carboxylic acids is 2. The van der Waals surface area contributed by atoms with Crippen molar-refractivity contribution in [3.8, 4) is 0 Å². The van der Waals surface area contributed by atoms with E-state index in [1.165, 1.54) is 6.92 Å². The number of esters is 1. The Kier molecular flexibility index (Phi) is 11.1. The number of rotatable bonds is 4. The topological polar surface area (TPSA) is 78.6 Å². The van der Waals surface area contributed by atoms with Gasteiger partial charge in [0.1, 0.15) is 0 Å². The molecular formula is C6H12ClNO4S. The highest BCUT2D eigenvalue weighted by Gasteiger charge is 2.02. The molecule has 0 aliphatic carbocycles. The van der Waals surface area contributed by atoms with E-state index in [4.69, 9.17) is 5.73 Å². The van der Waals surface area contributed by atoms with Crippen LogP contribution < -0.4 is 5.73 Å². The fourth-order valence-corrected chi connectivity index (χ4v) is 0.760. The molecule has 0 aliphatic heterocycles. The number of hydrogen-bond acceptors (Lipinski definition) is 6. The van der Waals surface area contributed by atoms with Crippen molar-refractivity contribution in [1.29, 1.82) is 0 Å². The minimum absolute atomic E-state index is 0. The van der Waals surface area contributed by atoms with Gasteiger partial charge in [-0.25, -0.2) is 4.79 Å². The zero-order valence-corrected chi connectivity index (χ0v) is 8.78. The van der Waals surface area contributed by atoms with Gasteiger partial charge in [-0.15, -0.1) is 12.4 Å². The molecule has 5 nitrogen and oxygen atoms in total. The first-order valence-corrected chi connectivity index (χ1v) is 4.28. The molecule has 0 bridgehead atoms. The maximum atomic E-state index is 10.7. The Morgan fingerprint density at radius 2 is 2.00 bits per heavy atom. The number of thioether (sulfide) groups is 1. The lowest BCUT2D eigenvalue weighted by Gasteiger charge is -2.02. The molecule has 0 saturated carbocycles. The molecule has 0 aromatic rings. The van der Waals surface area contributed by atoms with E-state index in [-0.39, 0.29) is 19.2 Å².